The van der Waals surface area contributed by atoms with Gasteiger partial charge in [0, 0.05) is 6.42 Å². The van der Waals surface area contributed by atoms with Crippen LogP contribution in [0.1, 0.15) is 64.7 Å². The summed E-state index contributed by atoms with van der Waals surface area (Å²) in [7, 11) is 0. The third kappa shape index (κ3) is 7.19. The zero-order valence-electron chi connectivity index (χ0n) is 25.7. The lowest BCUT2D eigenvalue weighted by molar-refractivity contribution is -0.469. The summed E-state index contributed by atoms with van der Waals surface area (Å²) in [4.78, 5) is 12.0. The highest BCUT2D eigenvalue weighted by molar-refractivity contribution is 5.70. The maximum atomic E-state index is 14.1. The number of carbonyl (C=O) groups excluding carboxylic acids is 1. The van der Waals surface area contributed by atoms with Gasteiger partial charge in [0.15, 0.2) is 6.61 Å². The molecule has 0 heterocycles. The summed E-state index contributed by atoms with van der Waals surface area (Å²) in [6.07, 6.45) is -9.54. The van der Waals surface area contributed by atoms with E-state index in [0.717, 1.165) is 0 Å². The number of halogens is 19. The summed E-state index contributed by atoms with van der Waals surface area (Å²) < 4.78 is 259. The van der Waals surface area contributed by atoms with Gasteiger partial charge in [0.05, 0.1) is 0 Å². The molecule has 1 rings (SSSR count). The van der Waals surface area contributed by atoms with E-state index >= 15 is 0 Å². The number of hydrogen-bond donors (Lipinski definition) is 1. The minimum absolute atomic E-state index is 0.170. The molecule has 0 aliphatic carbocycles. The number of aryl methyl sites for hydroxylation is 1. The van der Waals surface area contributed by atoms with Crippen molar-refractivity contribution < 1.29 is 98.1 Å². The highest BCUT2D eigenvalue weighted by atomic mass is 19.4. The van der Waals surface area contributed by atoms with E-state index in [1.54, 1.807) is 41.5 Å². The Kier molecular flexibility index (Phi) is 11.2. The first kappa shape index (κ1) is 44.2. The van der Waals surface area contributed by atoms with E-state index in [0.29, 0.717) is 11.1 Å². The van der Waals surface area contributed by atoms with Crippen LogP contribution in [0.2, 0.25) is 0 Å². The van der Waals surface area contributed by atoms with Crippen LogP contribution in [0.3, 0.4) is 0 Å². The molecule has 1 N–H and O–H groups in total. The van der Waals surface area contributed by atoms with Crippen LogP contribution in [0.4, 0.5) is 83.4 Å². The van der Waals surface area contributed by atoms with E-state index in [-0.39, 0.29) is 11.3 Å². The van der Waals surface area contributed by atoms with Crippen molar-refractivity contribution in [1.29, 1.82) is 0 Å². The summed E-state index contributed by atoms with van der Waals surface area (Å²) in [5.74, 6) is -69.9. The number of alkyl halides is 19. The molecule has 0 amide bonds. The first-order valence-corrected chi connectivity index (χ1v) is 13.2. The second-order valence-corrected chi connectivity index (χ2v) is 12.9. The fourth-order valence-corrected chi connectivity index (χ4v) is 3.96. The van der Waals surface area contributed by atoms with Crippen molar-refractivity contribution in [2.45, 2.75) is 119 Å². The van der Waals surface area contributed by atoms with Gasteiger partial charge in [0.2, 0.25) is 0 Å². The maximum absolute atomic E-state index is 14.1. The third-order valence-electron chi connectivity index (χ3n) is 7.00. The van der Waals surface area contributed by atoms with Crippen molar-refractivity contribution in [3.05, 3.63) is 28.8 Å². The Labute approximate surface area is 264 Å². The molecule has 0 fully saturated rings. The topological polar surface area (TPSA) is 46.5 Å². The van der Waals surface area contributed by atoms with Crippen LogP contribution >= 0.6 is 0 Å². The molecule has 49 heavy (non-hydrogen) atoms. The molecule has 0 aromatic heterocycles. The molecule has 0 saturated carbocycles. The highest BCUT2D eigenvalue weighted by Crippen LogP contribution is 2.65. The van der Waals surface area contributed by atoms with Crippen LogP contribution in [-0.4, -0.2) is 71.2 Å². The molecule has 3 nitrogen and oxygen atoms in total. The van der Waals surface area contributed by atoms with Gasteiger partial charge in [-0.15, -0.1) is 0 Å². The zero-order valence-corrected chi connectivity index (χ0v) is 25.7. The van der Waals surface area contributed by atoms with Crippen LogP contribution in [0.15, 0.2) is 12.1 Å². The predicted octanol–water partition coefficient (Wildman–Crippen LogP) is 10.1. The molecule has 0 bridgehead atoms. The number of benzene rings is 1. The smallest absolute Gasteiger partial charge is 0.460 e. The number of esters is 1. The third-order valence-corrected chi connectivity index (χ3v) is 7.00. The van der Waals surface area contributed by atoms with E-state index in [2.05, 4.69) is 4.74 Å². The molecular formula is C27H27F19O3. The molecule has 0 unspecified atom stereocenters. The predicted molar refractivity (Wildman–Crippen MR) is 130 cm³/mol. The Balaban J connectivity index is 3.38. The lowest BCUT2D eigenvalue weighted by Crippen LogP contribution is -2.76. The molecule has 0 radical (unpaired) electrons. The van der Waals surface area contributed by atoms with Crippen LogP contribution in [0.25, 0.3) is 0 Å². The van der Waals surface area contributed by atoms with Crippen molar-refractivity contribution in [3.63, 3.8) is 0 Å². The normalized spacial score (nSPS) is 15.4. The molecule has 0 aliphatic heterocycles. The quantitative estimate of drug-likeness (QED) is 0.171. The lowest BCUT2D eigenvalue weighted by atomic mass is 9.78. The van der Waals surface area contributed by atoms with Gasteiger partial charge in [-0.05, 0) is 33.9 Å². The number of aromatic hydroxyl groups is 1. The summed E-state index contributed by atoms with van der Waals surface area (Å²) in [5.41, 5.74) is -0.752. The van der Waals surface area contributed by atoms with E-state index in [9.17, 15) is 93.3 Å². The van der Waals surface area contributed by atoms with Crippen LogP contribution in [-0.2, 0) is 26.8 Å². The molecule has 1 aromatic carbocycles. The zero-order chi connectivity index (χ0) is 39.6. The number of carbonyl (C=O) groups is 1. The van der Waals surface area contributed by atoms with E-state index < -0.39 is 89.8 Å². The molecule has 0 atom stereocenters. The largest absolute Gasteiger partial charge is 0.507 e. The van der Waals surface area contributed by atoms with Crippen molar-refractivity contribution in [2.24, 2.45) is 0 Å². The van der Waals surface area contributed by atoms with Crippen LogP contribution in [0.5, 0.6) is 5.75 Å². The summed E-state index contributed by atoms with van der Waals surface area (Å²) in [6, 6.07) is 2.65. The molecule has 0 saturated heterocycles. The van der Waals surface area contributed by atoms with E-state index in [4.69, 9.17) is 0 Å². The van der Waals surface area contributed by atoms with Crippen LogP contribution in [0, 0.1) is 0 Å². The number of ether oxygens (including phenoxy) is 1. The molecule has 286 valence electrons. The van der Waals surface area contributed by atoms with E-state index in [1.165, 1.54) is 12.1 Å². The summed E-state index contributed by atoms with van der Waals surface area (Å²) >= 11 is 0. The Morgan fingerprint density at radius 2 is 0.857 bits per heavy atom. The van der Waals surface area contributed by atoms with Gasteiger partial charge in [-0.25, -0.2) is 0 Å². The van der Waals surface area contributed by atoms with Gasteiger partial charge >= 0.3 is 59.5 Å². The first-order chi connectivity index (χ1) is 21.1. The monoisotopic (exact) mass is 760 g/mol. The summed E-state index contributed by atoms with van der Waals surface area (Å²) in [6.45, 7) is 6.50. The fraction of sp³-hybridized carbons (Fsp3) is 0.741. The van der Waals surface area contributed by atoms with E-state index in [1.807, 2.05) is 0 Å². The second-order valence-electron chi connectivity index (χ2n) is 12.9. The van der Waals surface area contributed by atoms with Crippen molar-refractivity contribution in [3.8, 4) is 5.75 Å². The average Bonchev–Trinajstić information content (AvgIpc) is 2.88. The van der Waals surface area contributed by atoms with Gasteiger partial charge < -0.3 is 9.84 Å². The second kappa shape index (κ2) is 12.4. The number of phenols is 1. The Bertz CT molecular complexity index is 1330. The Morgan fingerprint density at radius 1 is 0.551 bits per heavy atom. The molecule has 22 heteroatoms. The Hall–Kier alpha value is -2.84. The molecule has 1 aromatic rings. The van der Waals surface area contributed by atoms with Gasteiger partial charge in [-0.2, -0.15) is 83.4 Å². The maximum Gasteiger partial charge on any atom is 0.460 e. The van der Waals surface area contributed by atoms with Gasteiger partial charge in [-0.3, -0.25) is 4.79 Å². The fourth-order valence-electron chi connectivity index (χ4n) is 3.96. The number of hydrogen-bond acceptors (Lipinski definition) is 3. The van der Waals surface area contributed by atoms with Gasteiger partial charge in [-0.1, -0.05) is 53.7 Å². The summed E-state index contributed by atoms with van der Waals surface area (Å²) in [5, 5.41) is 10.7. The number of phenolic OH excluding ortho intramolecular Hbond substituents is 1. The van der Waals surface area contributed by atoms with Gasteiger partial charge in [0.1, 0.15) is 5.75 Å². The minimum Gasteiger partial charge on any atom is -0.507 e. The lowest BCUT2D eigenvalue weighted by Gasteiger charge is -2.43. The first-order valence-electron chi connectivity index (χ1n) is 13.2. The van der Waals surface area contributed by atoms with Gasteiger partial charge in [0.25, 0.3) is 0 Å². The number of rotatable bonds is 12. The minimum atomic E-state index is -9.03. The SMILES string of the molecule is CC(C)(C)c1cc(CCC(=O)OCC(F)(F)C(F)(F)C(F)(F)C(F)(F)C(F)(F)C(F)(F)C(F)(F)C(F)(F)C(F)(F)F)cc(C(C)(C)C)c1O. The molecular weight excluding hydrogens is 733 g/mol. The average molecular weight is 760 g/mol. The van der Waals surface area contributed by atoms with Crippen LogP contribution < -0.4 is 0 Å². The standard InChI is InChI=1S/C27H27F19O3/c1-17(2,3)13-9-12(10-14(16(13)48)18(4,5)6)7-8-15(47)49-11-19(28,29)20(30,31)21(32,33)22(34,35)23(36,37)24(38,39)25(40,41)26(42,43)27(44,45)46/h9-10,48H,7-8,11H2,1-6H3. The van der Waals surface area contributed by atoms with Crippen molar-refractivity contribution >= 4 is 5.97 Å². The van der Waals surface area contributed by atoms with Crippen molar-refractivity contribution in [1.82, 2.24) is 0 Å². The highest BCUT2D eigenvalue weighted by Gasteiger charge is 2.96. The molecule has 0 spiro atoms. The Morgan fingerprint density at radius 3 is 1.16 bits per heavy atom. The molecule has 0 aliphatic rings. The van der Waals surface area contributed by atoms with Crippen molar-refractivity contribution in [2.75, 3.05) is 6.61 Å².